The van der Waals surface area contributed by atoms with Crippen molar-refractivity contribution in [3.63, 3.8) is 0 Å². The van der Waals surface area contributed by atoms with Crippen LogP contribution in [0.4, 0.5) is 5.69 Å². The van der Waals surface area contributed by atoms with Gasteiger partial charge in [0.2, 0.25) is 11.8 Å². The third-order valence-electron chi connectivity index (χ3n) is 4.51. The van der Waals surface area contributed by atoms with E-state index in [0.29, 0.717) is 23.1 Å². The molecule has 31 heavy (non-hydrogen) atoms. The van der Waals surface area contributed by atoms with Crippen LogP contribution >= 0.6 is 11.8 Å². The van der Waals surface area contributed by atoms with Gasteiger partial charge in [-0.25, -0.2) is 0 Å². The number of benzene rings is 3. The van der Waals surface area contributed by atoms with E-state index in [2.05, 4.69) is 15.6 Å². The van der Waals surface area contributed by atoms with E-state index in [9.17, 15) is 9.59 Å². The van der Waals surface area contributed by atoms with Gasteiger partial charge < -0.3 is 15.4 Å². The van der Waals surface area contributed by atoms with Gasteiger partial charge in [-0.05, 0) is 42.0 Å². The Balaban J connectivity index is 1.28. The fourth-order valence-corrected chi connectivity index (χ4v) is 3.94. The van der Waals surface area contributed by atoms with Gasteiger partial charge >= 0.3 is 0 Å². The topological polar surface area (TPSA) is 79.8 Å². The molecule has 0 bridgehead atoms. The molecule has 4 rings (SSSR count). The molecule has 1 aliphatic heterocycles. The first-order valence-electron chi connectivity index (χ1n) is 9.84. The van der Waals surface area contributed by atoms with Gasteiger partial charge in [0, 0.05) is 12.1 Å². The van der Waals surface area contributed by atoms with Crippen molar-refractivity contribution in [1.29, 1.82) is 0 Å². The first kappa shape index (κ1) is 20.7. The lowest BCUT2D eigenvalue weighted by molar-refractivity contribution is -0.122. The Morgan fingerprint density at radius 3 is 2.29 bits per heavy atom. The molecule has 1 saturated heterocycles. The Kier molecular flexibility index (Phi) is 6.64. The van der Waals surface area contributed by atoms with Crippen LogP contribution in [-0.2, 0) is 16.1 Å². The summed E-state index contributed by atoms with van der Waals surface area (Å²) in [7, 11) is 0. The summed E-state index contributed by atoms with van der Waals surface area (Å²) in [5.41, 5.74) is 1.71. The van der Waals surface area contributed by atoms with Crippen LogP contribution in [0, 0.1) is 0 Å². The first-order valence-corrected chi connectivity index (χ1v) is 10.7. The van der Waals surface area contributed by atoms with E-state index in [1.54, 1.807) is 24.3 Å². The molecule has 1 unspecified atom stereocenters. The molecule has 3 aromatic rings. The second-order valence-electron chi connectivity index (χ2n) is 6.89. The Morgan fingerprint density at radius 2 is 1.58 bits per heavy atom. The van der Waals surface area contributed by atoms with E-state index in [0.717, 1.165) is 11.3 Å². The Hall–Kier alpha value is -3.58. The summed E-state index contributed by atoms with van der Waals surface area (Å²) < 4.78 is 5.74. The van der Waals surface area contributed by atoms with Gasteiger partial charge in [0.15, 0.2) is 5.17 Å². The molecule has 6 nitrogen and oxygen atoms in total. The molecule has 1 aliphatic rings. The quantitative estimate of drug-likeness (QED) is 0.573. The summed E-state index contributed by atoms with van der Waals surface area (Å²) in [4.78, 5) is 29.0. The highest BCUT2D eigenvalue weighted by molar-refractivity contribution is 8.15. The summed E-state index contributed by atoms with van der Waals surface area (Å²) in [6.07, 6.45) is 0.0725. The highest BCUT2D eigenvalue weighted by Gasteiger charge is 2.31. The Bertz CT molecular complexity index is 1070. The van der Waals surface area contributed by atoms with Crippen molar-refractivity contribution in [2.75, 3.05) is 5.32 Å². The highest BCUT2D eigenvalue weighted by Crippen LogP contribution is 2.25. The molecule has 0 aliphatic carbocycles. The van der Waals surface area contributed by atoms with Gasteiger partial charge in [0.1, 0.15) is 16.7 Å². The Labute approximate surface area is 184 Å². The molecule has 2 amide bonds. The van der Waals surface area contributed by atoms with Gasteiger partial charge in [0.05, 0.1) is 6.54 Å². The third kappa shape index (κ3) is 5.96. The van der Waals surface area contributed by atoms with Crippen LogP contribution in [0.5, 0.6) is 11.5 Å². The van der Waals surface area contributed by atoms with E-state index < -0.39 is 5.25 Å². The van der Waals surface area contributed by atoms with Gasteiger partial charge in [-0.15, -0.1) is 0 Å². The fourth-order valence-electron chi connectivity index (χ4n) is 2.97. The molecule has 1 fully saturated rings. The number of carbonyl (C=O) groups is 2. The number of hydrogen-bond donors (Lipinski definition) is 2. The number of amidine groups is 1. The van der Waals surface area contributed by atoms with Crippen LogP contribution in [0.1, 0.15) is 12.0 Å². The molecular weight excluding hydrogens is 410 g/mol. The minimum Gasteiger partial charge on any atom is -0.457 e. The number of amides is 2. The van der Waals surface area contributed by atoms with Gasteiger partial charge in [0.25, 0.3) is 0 Å². The molecule has 0 aromatic heterocycles. The highest BCUT2D eigenvalue weighted by atomic mass is 32.2. The molecule has 0 saturated carbocycles. The number of nitrogens with one attached hydrogen (secondary N) is 2. The molecule has 2 N–H and O–H groups in total. The maximum atomic E-state index is 12.4. The number of ether oxygens (including phenoxy) is 1. The number of anilines is 1. The van der Waals surface area contributed by atoms with Gasteiger partial charge in [-0.1, -0.05) is 60.3 Å². The number of thioether (sulfide) groups is 1. The second kappa shape index (κ2) is 9.95. The van der Waals surface area contributed by atoms with Gasteiger partial charge in [-0.3, -0.25) is 14.6 Å². The lowest BCUT2D eigenvalue weighted by atomic mass is 10.2. The van der Waals surface area contributed by atoms with E-state index in [1.807, 2.05) is 60.7 Å². The predicted octanol–water partition coefficient (Wildman–Crippen LogP) is 4.60. The first-order chi connectivity index (χ1) is 15.2. The predicted molar refractivity (Wildman–Crippen MR) is 123 cm³/mol. The molecule has 1 atom stereocenters. The summed E-state index contributed by atoms with van der Waals surface area (Å²) in [5.74, 6) is 0.995. The van der Waals surface area contributed by atoms with Crippen LogP contribution < -0.4 is 15.4 Å². The van der Waals surface area contributed by atoms with Crippen LogP contribution in [0.25, 0.3) is 0 Å². The smallest absolute Gasteiger partial charge is 0.240 e. The van der Waals surface area contributed by atoms with Crippen molar-refractivity contribution in [2.45, 2.75) is 18.2 Å². The van der Waals surface area contributed by atoms with Crippen molar-refractivity contribution in [3.05, 3.63) is 90.5 Å². The molecule has 0 spiro atoms. The van der Waals surface area contributed by atoms with Crippen molar-refractivity contribution in [1.82, 2.24) is 5.32 Å². The van der Waals surface area contributed by atoms with E-state index in [-0.39, 0.29) is 18.2 Å². The normalized spacial score (nSPS) is 16.7. The maximum Gasteiger partial charge on any atom is 0.240 e. The third-order valence-corrected chi connectivity index (χ3v) is 5.63. The van der Waals surface area contributed by atoms with E-state index in [1.165, 1.54) is 11.8 Å². The standard InChI is InChI=1S/C24H21N3O3S/c28-22(26-18-11-13-20(14-12-18)30-19-9-5-2-6-10-19)15-21-23(29)27-24(31-21)25-16-17-7-3-1-4-8-17/h1-14,21H,15-16H2,(H,26,28)(H,25,27,29). The largest absolute Gasteiger partial charge is 0.457 e. The maximum absolute atomic E-state index is 12.4. The molecule has 0 radical (unpaired) electrons. The molecule has 7 heteroatoms. The number of hydrogen-bond acceptors (Lipinski definition) is 5. The average Bonchev–Trinajstić information content (AvgIpc) is 3.14. The van der Waals surface area contributed by atoms with Gasteiger partial charge in [-0.2, -0.15) is 0 Å². The number of rotatable bonds is 7. The van der Waals surface area contributed by atoms with Crippen LogP contribution in [0.2, 0.25) is 0 Å². The monoisotopic (exact) mass is 431 g/mol. The van der Waals surface area contributed by atoms with Crippen LogP contribution in [0.15, 0.2) is 89.9 Å². The lowest BCUT2D eigenvalue weighted by Gasteiger charge is -2.09. The Morgan fingerprint density at radius 1 is 0.935 bits per heavy atom. The molecule has 1 heterocycles. The summed E-state index contributed by atoms with van der Waals surface area (Å²) in [5, 5.41) is 5.64. The molecule has 156 valence electrons. The number of para-hydroxylation sites is 1. The molecular formula is C24H21N3O3S. The van der Waals surface area contributed by atoms with Crippen molar-refractivity contribution >= 4 is 34.4 Å². The summed E-state index contributed by atoms with van der Waals surface area (Å²) in [6.45, 7) is 0.486. The number of carbonyl (C=O) groups excluding carboxylic acids is 2. The van der Waals surface area contributed by atoms with Crippen molar-refractivity contribution in [3.8, 4) is 11.5 Å². The zero-order valence-corrected chi connectivity index (χ0v) is 17.5. The minimum atomic E-state index is -0.491. The zero-order valence-electron chi connectivity index (χ0n) is 16.7. The SMILES string of the molecule is O=C(CC1SC(=NCc2ccccc2)NC1=O)Nc1ccc(Oc2ccccc2)cc1. The minimum absolute atomic E-state index is 0.0725. The van der Waals surface area contributed by atoms with Crippen molar-refractivity contribution in [2.24, 2.45) is 4.99 Å². The number of aliphatic imine (C=N–C) groups is 1. The lowest BCUT2D eigenvalue weighted by Crippen LogP contribution is -2.28. The average molecular weight is 432 g/mol. The molecule has 3 aromatic carbocycles. The van der Waals surface area contributed by atoms with E-state index >= 15 is 0 Å². The van der Waals surface area contributed by atoms with Crippen LogP contribution in [-0.4, -0.2) is 22.2 Å². The summed E-state index contributed by atoms with van der Waals surface area (Å²) >= 11 is 1.29. The van der Waals surface area contributed by atoms with E-state index in [4.69, 9.17) is 4.74 Å². The fraction of sp³-hybridized carbons (Fsp3) is 0.125. The second-order valence-corrected chi connectivity index (χ2v) is 8.09. The van der Waals surface area contributed by atoms with Crippen LogP contribution in [0.3, 0.4) is 0 Å². The summed E-state index contributed by atoms with van der Waals surface area (Å²) in [6, 6.07) is 26.4. The number of nitrogens with zero attached hydrogens (tertiary/aromatic N) is 1. The zero-order chi connectivity index (χ0) is 21.5. The van der Waals surface area contributed by atoms with Crippen molar-refractivity contribution < 1.29 is 14.3 Å².